The molecule has 4 N–H and O–H groups in total. The van der Waals surface area contributed by atoms with Crippen molar-refractivity contribution in [2.75, 3.05) is 46.2 Å². The Morgan fingerprint density at radius 2 is 1.85 bits per heavy atom. The van der Waals surface area contributed by atoms with E-state index in [0.717, 1.165) is 0 Å². The lowest BCUT2D eigenvalue weighted by Crippen LogP contribution is -2.64. The van der Waals surface area contributed by atoms with Crippen molar-refractivity contribution in [2.24, 2.45) is 5.11 Å². The van der Waals surface area contributed by atoms with Crippen LogP contribution in [0.15, 0.2) is 5.11 Å². The normalized spacial score (nSPS) is 28.4. The summed E-state index contributed by atoms with van der Waals surface area (Å²) in [7, 11) is 0. The molecule has 12 heteroatoms. The minimum absolute atomic E-state index is 0.0977. The van der Waals surface area contributed by atoms with Gasteiger partial charge in [-0.05, 0) is 5.53 Å². The summed E-state index contributed by atoms with van der Waals surface area (Å²) in [5, 5.41) is 35.0. The van der Waals surface area contributed by atoms with Crippen LogP contribution >= 0.6 is 0 Å². The molecule has 12 nitrogen and oxygen atoms in total. The molecule has 1 fully saturated rings. The minimum atomic E-state index is -1.35. The fourth-order valence-corrected chi connectivity index (χ4v) is 2.31. The van der Waals surface area contributed by atoms with Crippen LogP contribution in [0.4, 0.5) is 0 Å². The Bertz CT molecular complexity index is 462. The Hall–Kier alpha value is -1.50. The molecule has 0 aromatic rings. The molecule has 0 aliphatic carbocycles. The minimum Gasteiger partial charge on any atom is -0.394 e. The third-order valence-corrected chi connectivity index (χ3v) is 3.53. The highest BCUT2D eigenvalue weighted by Gasteiger charge is 2.45. The molecule has 0 spiro atoms. The van der Waals surface area contributed by atoms with Gasteiger partial charge in [-0.1, -0.05) is 5.11 Å². The second-order valence-electron chi connectivity index (χ2n) is 5.48. The zero-order chi connectivity index (χ0) is 19.4. The Balaban J connectivity index is 2.30. The number of rotatable bonds is 12. The zero-order valence-electron chi connectivity index (χ0n) is 14.6. The van der Waals surface area contributed by atoms with E-state index in [2.05, 4.69) is 15.3 Å². The van der Waals surface area contributed by atoms with Crippen LogP contribution in [-0.4, -0.2) is 98.1 Å². The highest BCUT2D eigenvalue weighted by atomic mass is 16.7. The van der Waals surface area contributed by atoms with Crippen LogP contribution in [0.25, 0.3) is 10.4 Å². The second-order valence-corrected chi connectivity index (χ2v) is 5.48. The number of azide groups is 1. The maximum absolute atomic E-state index is 11.3. The number of nitrogens with one attached hydrogen (secondary N) is 1. The van der Waals surface area contributed by atoms with Gasteiger partial charge in [-0.3, -0.25) is 4.79 Å². The quantitative estimate of drug-likeness (QED) is 0.134. The number of nitrogens with zero attached hydrogens (tertiary/aromatic N) is 3. The summed E-state index contributed by atoms with van der Waals surface area (Å²) in [5.74, 6) is -0.421. The third-order valence-electron chi connectivity index (χ3n) is 3.53. The molecule has 1 rings (SSSR count). The van der Waals surface area contributed by atoms with E-state index in [4.69, 9.17) is 24.5 Å². The predicted octanol–water partition coefficient (Wildman–Crippen LogP) is -1.71. The van der Waals surface area contributed by atoms with Crippen molar-refractivity contribution in [1.82, 2.24) is 5.32 Å². The summed E-state index contributed by atoms with van der Waals surface area (Å²) in [6.07, 6.45) is -4.76. The molecule has 0 radical (unpaired) electrons. The van der Waals surface area contributed by atoms with Gasteiger partial charge in [-0.25, -0.2) is 0 Å². The van der Waals surface area contributed by atoms with Crippen molar-refractivity contribution in [3.63, 3.8) is 0 Å². The molecule has 0 bridgehead atoms. The molecule has 5 atom stereocenters. The van der Waals surface area contributed by atoms with E-state index in [0.29, 0.717) is 19.8 Å². The van der Waals surface area contributed by atoms with Gasteiger partial charge in [0.05, 0.1) is 39.6 Å². The number of hydrogen-bond acceptors (Lipinski definition) is 9. The van der Waals surface area contributed by atoms with E-state index >= 15 is 0 Å². The first kappa shape index (κ1) is 22.5. The summed E-state index contributed by atoms with van der Waals surface area (Å²) in [5.41, 5.74) is 8.09. The lowest BCUT2D eigenvalue weighted by molar-refractivity contribution is -0.272. The monoisotopic (exact) mass is 378 g/mol. The molecule has 0 unspecified atom stereocenters. The van der Waals surface area contributed by atoms with Gasteiger partial charge in [0, 0.05) is 18.4 Å². The van der Waals surface area contributed by atoms with Gasteiger partial charge < -0.3 is 39.6 Å². The van der Waals surface area contributed by atoms with Gasteiger partial charge in [-0.2, -0.15) is 0 Å². The van der Waals surface area contributed by atoms with Crippen molar-refractivity contribution < 1.29 is 39.1 Å². The maximum Gasteiger partial charge on any atom is 0.217 e. The highest BCUT2D eigenvalue weighted by Crippen LogP contribution is 2.22. The van der Waals surface area contributed by atoms with Gasteiger partial charge in [0.1, 0.15) is 24.4 Å². The average molecular weight is 378 g/mol. The maximum atomic E-state index is 11.3. The van der Waals surface area contributed by atoms with Crippen molar-refractivity contribution in [1.29, 1.82) is 0 Å². The van der Waals surface area contributed by atoms with Crippen molar-refractivity contribution in [3.05, 3.63) is 10.4 Å². The van der Waals surface area contributed by atoms with Crippen molar-refractivity contribution in [2.45, 2.75) is 37.6 Å². The third kappa shape index (κ3) is 7.81. The van der Waals surface area contributed by atoms with Crippen molar-refractivity contribution in [3.8, 4) is 0 Å². The molecule has 26 heavy (non-hydrogen) atoms. The number of aliphatic hydroxyl groups is 3. The number of carbonyl (C=O) groups is 1. The van der Waals surface area contributed by atoms with Crippen LogP contribution in [0, 0.1) is 0 Å². The predicted molar refractivity (Wildman–Crippen MR) is 87.0 cm³/mol. The summed E-state index contributed by atoms with van der Waals surface area (Å²) >= 11 is 0. The molecular weight excluding hydrogens is 352 g/mol. The average Bonchev–Trinajstić information content (AvgIpc) is 2.62. The van der Waals surface area contributed by atoms with Crippen LogP contribution in [0.5, 0.6) is 0 Å². The fraction of sp³-hybridized carbons (Fsp3) is 0.929. The Morgan fingerprint density at radius 3 is 2.46 bits per heavy atom. The topological polar surface area (TPSA) is 175 Å². The lowest BCUT2D eigenvalue weighted by atomic mass is 9.97. The molecule has 1 heterocycles. The molecule has 1 saturated heterocycles. The summed E-state index contributed by atoms with van der Waals surface area (Å²) < 4.78 is 21.3. The highest BCUT2D eigenvalue weighted by molar-refractivity contribution is 5.73. The number of amides is 1. The SMILES string of the molecule is CC(=O)N[C@@H]1[C@H](OCCOCCOCCN=[N+]=[N-])O[C@H](CO)[C@H](O)[C@@H]1O. The van der Waals surface area contributed by atoms with Gasteiger partial charge in [0.25, 0.3) is 0 Å². The van der Waals surface area contributed by atoms with E-state index in [-0.39, 0.29) is 19.8 Å². The summed E-state index contributed by atoms with van der Waals surface area (Å²) in [4.78, 5) is 13.9. The molecule has 150 valence electrons. The van der Waals surface area contributed by atoms with Gasteiger partial charge in [-0.15, -0.1) is 0 Å². The molecule has 1 aliphatic rings. The number of ether oxygens (including phenoxy) is 4. The van der Waals surface area contributed by atoms with Crippen LogP contribution in [0.2, 0.25) is 0 Å². The Morgan fingerprint density at radius 1 is 1.19 bits per heavy atom. The van der Waals surface area contributed by atoms with Crippen LogP contribution in [-0.2, 0) is 23.7 Å². The first-order chi connectivity index (χ1) is 12.5. The van der Waals surface area contributed by atoms with E-state index in [1.807, 2.05) is 0 Å². The largest absolute Gasteiger partial charge is 0.394 e. The standard InChI is InChI=1S/C14H26N4O8/c1-9(20)17-11-13(22)12(21)10(8-19)26-14(11)25-7-6-24-5-4-23-3-2-16-18-15/h10-14,19,21-22H,2-8H2,1H3,(H,17,20)/t10-,11+,12+,13-,14-/m1/s1. The molecule has 0 aromatic carbocycles. The van der Waals surface area contributed by atoms with E-state index in [1.165, 1.54) is 6.92 Å². The second kappa shape index (κ2) is 12.8. The van der Waals surface area contributed by atoms with Crippen LogP contribution < -0.4 is 5.32 Å². The molecule has 0 aromatic heterocycles. The number of carbonyl (C=O) groups excluding carboxylic acids is 1. The van der Waals surface area contributed by atoms with E-state index in [1.54, 1.807) is 0 Å². The first-order valence-electron chi connectivity index (χ1n) is 8.18. The van der Waals surface area contributed by atoms with Gasteiger partial charge >= 0.3 is 0 Å². The fourth-order valence-electron chi connectivity index (χ4n) is 2.31. The zero-order valence-corrected chi connectivity index (χ0v) is 14.6. The van der Waals surface area contributed by atoms with E-state index in [9.17, 15) is 20.1 Å². The smallest absolute Gasteiger partial charge is 0.217 e. The van der Waals surface area contributed by atoms with Crippen molar-refractivity contribution >= 4 is 5.91 Å². The first-order valence-corrected chi connectivity index (χ1v) is 8.18. The van der Waals surface area contributed by atoms with E-state index < -0.39 is 43.2 Å². The number of hydrogen-bond donors (Lipinski definition) is 4. The molecule has 0 saturated carbocycles. The summed E-state index contributed by atoms with van der Waals surface area (Å²) in [6.45, 7) is 2.25. The Kier molecular flexibility index (Phi) is 11.1. The van der Waals surface area contributed by atoms with Gasteiger partial charge in [0.15, 0.2) is 6.29 Å². The molecule has 1 aliphatic heterocycles. The number of aliphatic hydroxyl groups excluding tert-OH is 3. The van der Waals surface area contributed by atoms with Gasteiger partial charge in [0.2, 0.25) is 5.91 Å². The van der Waals surface area contributed by atoms with Crippen LogP contribution in [0.3, 0.4) is 0 Å². The molecule has 1 amide bonds. The Labute approximate surface area is 150 Å². The molecular formula is C14H26N4O8. The summed E-state index contributed by atoms with van der Waals surface area (Å²) in [6, 6.07) is -0.977. The van der Waals surface area contributed by atoms with Crippen LogP contribution in [0.1, 0.15) is 6.92 Å². The lowest BCUT2D eigenvalue weighted by Gasteiger charge is -2.42.